The number of hydrogen-bond donors (Lipinski definition) is 6. The molecule has 142 valence electrons. The Morgan fingerprint density at radius 3 is 2.00 bits per heavy atom. The maximum absolute atomic E-state index is 12.4. The maximum Gasteiger partial charge on any atom is 0.326 e. The number of hydrogen-bond acceptors (Lipinski definition) is 6. The molecule has 0 bridgehead atoms. The van der Waals surface area contributed by atoms with Crippen molar-refractivity contribution in [3.8, 4) is 5.75 Å². The highest BCUT2D eigenvalue weighted by atomic mass is 16.4. The molecule has 0 aliphatic heterocycles. The summed E-state index contributed by atoms with van der Waals surface area (Å²) in [4.78, 5) is 46.1. The molecule has 2 amide bonds. The van der Waals surface area contributed by atoms with Crippen molar-refractivity contribution in [3.63, 3.8) is 0 Å². The third-order valence-corrected chi connectivity index (χ3v) is 3.42. The van der Waals surface area contributed by atoms with E-state index in [0.717, 1.165) is 0 Å². The second kappa shape index (κ2) is 9.37. The number of rotatable bonds is 9. The molecule has 1 aromatic carbocycles. The Balaban J connectivity index is 2.95. The van der Waals surface area contributed by atoms with Crippen LogP contribution in [0.2, 0.25) is 0 Å². The van der Waals surface area contributed by atoms with Gasteiger partial charge in [0.05, 0.1) is 12.5 Å². The van der Waals surface area contributed by atoms with Gasteiger partial charge in [-0.3, -0.25) is 14.4 Å². The number of carboxylic acids is 2. The zero-order valence-electron chi connectivity index (χ0n) is 14.0. The molecule has 3 atom stereocenters. The number of amides is 2. The Morgan fingerprint density at radius 1 is 1.00 bits per heavy atom. The van der Waals surface area contributed by atoms with Crippen LogP contribution < -0.4 is 16.4 Å². The summed E-state index contributed by atoms with van der Waals surface area (Å²) >= 11 is 0. The fraction of sp³-hybridized carbons (Fsp3) is 0.375. The summed E-state index contributed by atoms with van der Waals surface area (Å²) in [5.74, 6) is -4.38. The van der Waals surface area contributed by atoms with Crippen LogP contribution in [-0.2, 0) is 25.6 Å². The summed E-state index contributed by atoms with van der Waals surface area (Å²) in [6, 6.07) is 2.12. The zero-order chi connectivity index (χ0) is 19.9. The van der Waals surface area contributed by atoms with Crippen molar-refractivity contribution in [2.75, 3.05) is 0 Å². The van der Waals surface area contributed by atoms with E-state index in [1.807, 2.05) is 0 Å². The van der Waals surface area contributed by atoms with Crippen LogP contribution in [0.3, 0.4) is 0 Å². The van der Waals surface area contributed by atoms with E-state index in [1.165, 1.54) is 31.2 Å². The van der Waals surface area contributed by atoms with E-state index in [1.54, 1.807) is 0 Å². The normalized spacial score (nSPS) is 13.9. The van der Waals surface area contributed by atoms with Gasteiger partial charge in [0, 0.05) is 6.42 Å². The zero-order valence-corrected chi connectivity index (χ0v) is 14.0. The van der Waals surface area contributed by atoms with Gasteiger partial charge in [-0.05, 0) is 24.6 Å². The van der Waals surface area contributed by atoms with Crippen molar-refractivity contribution in [2.45, 2.75) is 37.9 Å². The van der Waals surface area contributed by atoms with Crippen LogP contribution in [-0.4, -0.2) is 57.2 Å². The summed E-state index contributed by atoms with van der Waals surface area (Å²) in [7, 11) is 0. The number of nitrogens with two attached hydrogens (primary N) is 1. The smallest absolute Gasteiger partial charge is 0.326 e. The molecule has 0 saturated carbocycles. The number of nitrogens with one attached hydrogen (secondary N) is 2. The van der Waals surface area contributed by atoms with Gasteiger partial charge in [-0.1, -0.05) is 12.1 Å². The van der Waals surface area contributed by atoms with Gasteiger partial charge in [0.25, 0.3) is 0 Å². The van der Waals surface area contributed by atoms with E-state index in [4.69, 9.17) is 15.9 Å². The largest absolute Gasteiger partial charge is 0.508 e. The van der Waals surface area contributed by atoms with E-state index < -0.39 is 48.3 Å². The van der Waals surface area contributed by atoms with Gasteiger partial charge in [0.2, 0.25) is 11.8 Å². The lowest BCUT2D eigenvalue weighted by molar-refractivity contribution is -0.147. The average Bonchev–Trinajstić information content (AvgIpc) is 2.54. The molecule has 1 rings (SSSR count). The topological polar surface area (TPSA) is 179 Å². The van der Waals surface area contributed by atoms with E-state index >= 15 is 0 Å². The van der Waals surface area contributed by atoms with Crippen LogP contribution >= 0.6 is 0 Å². The molecule has 10 heteroatoms. The summed E-state index contributed by atoms with van der Waals surface area (Å²) in [6.45, 7) is 1.41. The number of carboxylic acid groups (broad SMARTS) is 2. The molecule has 0 heterocycles. The van der Waals surface area contributed by atoms with Crippen molar-refractivity contribution in [1.82, 2.24) is 10.6 Å². The molecular weight excluding hydrogens is 346 g/mol. The number of aliphatic carboxylic acids is 2. The predicted molar refractivity (Wildman–Crippen MR) is 89.2 cm³/mol. The minimum atomic E-state index is -1.64. The summed E-state index contributed by atoms with van der Waals surface area (Å²) in [5, 5.41) is 31.6. The van der Waals surface area contributed by atoms with Crippen molar-refractivity contribution >= 4 is 23.8 Å². The molecule has 3 unspecified atom stereocenters. The molecule has 0 radical (unpaired) electrons. The van der Waals surface area contributed by atoms with Crippen LogP contribution in [0.4, 0.5) is 0 Å². The highest BCUT2D eigenvalue weighted by Crippen LogP contribution is 2.12. The Labute approximate surface area is 149 Å². The molecule has 26 heavy (non-hydrogen) atoms. The minimum Gasteiger partial charge on any atom is -0.508 e. The molecule has 10 nitrogen and oxygen atoms in total. The van der Waals surface area contributed by atoms with Crippen LogP contribution in [0.1, 0.15) is 18.9 Å². The standard InChI is InChI=1S/C16H21N3O7/c1-8(17)14(23)18-11(6-9-2-4-10(20)5-3-9)15(24)19-12(16(25)26)7-13(21)22/h2-5,8,11-12,20H,6-7,17H2,1H3,(H,18,23)(H,19,24)(H,21,22)(H,25,26). The molecule has 0 fully saturated rings. The Morgan fingerprint density at radius 2 is 1.54 bits per heavy atom. The van der Waals surface area contributed by atoms with Crippen molar-refractivity contribution in [1.29, 1.82) is 0 Å². The number of aromatic hydroxyl groups is 1. The first-order chi connectivity index (χ1) is 12.1. The van der Waals surface area contributed by atoms with Crippen molar-refractivity contribution in [3.05, 3.63) is 29.8 Å². The second-order valence-corrected chi connectivity index (χ2v) is 5.72. The first-order valence-corrected chi connectivity index (χ1v) is 7.69. The summed E-state index contributed by atoms with van der Waals surface area (Å²) < 4.78 is 0. The van der Waals surface area contributed by atoms with Gasteiger partial charge in [-0.15, -0.1) is 0 Å². The number of carbonyl (C=O) groups excluding carboxylic acids is 2. The summed E-state index contributed by atoms with van der Waals surface area (Å²) in [6.07, 6.45) is -0.821. The van der Waals surface area contributed by atoms with Crippen LogP contribution in [0.25, 0.3) is 0 Å². The fourth-order valence-corrected chi connectivity index (χ4v) is 2.03. The maximum atomic E-state index is 12.4. The second-order valence-electron chi connectivity index (χ2n) is 5.72. The number of benzene rings is 1. The molecule has 0 saturated heterocycles. The molecule has 1 aromatic rings. The van der Waals surface area contributed by atoms with E-state index in [2.05, 4.69) is 10.6 Å². The number of phenols is 1. The Kier molecular flexibility index (Phi) is 7.53. The van der Waals surface area contributed by atoms with E-state index in [0.29, 0.717) is 5.56 Å². The van der Waals surface area contributed by atoms with Crippen molar-refractivity contribution in [2.24, 2.45) is 5.73 Å². The molecular formula is C16H21N3O7. The molecule has 0 aliphatic rings. The van der Waals surface area contributed by atoms with Crippen LogP contribution in [0.5, 0.6) is 5.75 Å². The first kappa shape index (κ1) is 20.9. The van der Waals surface area contributed by atoms with Gasteiger partial charge in [0.1, 0.15) is 17.8 Å². The molecule has 0 aliphatic carbocycles. The number of carbonyl (C=O) groups is 4. The average molecular weight is 367 g/mol. The Hall–Kier alpha value is -3.14. The summed E-state index contributed by atoms with van der Waals surface area (Å²) in [5.41, 5.74) is 6.05. The molecule has 7 N–H and O–H groups in total. The minimum absolute atomic E-state index is 0.00994. The van der Waals surface area contributed by atoms with Crippen LogP contribution in [0.15, 0.2) is 24.3 Å². The van der Waals surface area contributed by atoms with Gasteiger partial charge in [-0.2, -0.15) is 0 Å². The van der Waals surface area contributed by atoms with E-state index in [-0.39, 0.29) is 12.2 Å². The molecule has 0 aromatic heterocycles. The van der Waals surface area contributed by atoms with Crippen LogP contribution in [0, 0.1) is 0 Å². The van der Waals surface area contributed by atoms with Gasteiger partial charge in [-0.25, -0.2) is 4.79 Å². The lowest BCUT2D eigenvalue weighted by Gasteiger charge is -2.22. The van der Waals surface area contributed by atoms with Gasteiger partial charge < -0.3 is 31.7 Å². The third-order valence-electron chi connectivity index (χ3n) is 3.42. The highest BCUT2D eigenvalue weighted by molar-refractivity contribution is 5.92. The monoisotopic (exact) mass is 367 g/mol. The Bertz CT molecular complexity index is 673. The molecule has 0 spiro atoms. The SMILES string of the molecule is CC(N)C(=O)NC(Cc1ccc(O)cc1)C(=O)NC(CC(=O)O)C(=O)O. The third kappa shape index (κ3) is 6.77. The quantitative estimate of drug-likeness (QED) is 0.315. The lowest BCUT2D eigenvalue weighted by atomic mass is 10.0. The van der Waals surface area contributed by atoms with Gasteiger partial charge >= 0.3 is 11.9 Å². The fourth-order valence-electron chi connectivity index (χ4n) is 2.03. The van der Waals surface area contributed by atoms with E-state index in [9.17, 15) is 24.3 Å². The van der Waals surface area contributed by atoms with Gasteiger partial charge in [0.15, 0.2) is 0 Å². The first-order valence-electron chi connectivity index (χ1n) is 7.69. The number of phenolic OH excluding ortho intramolecular Hbond substituents is 1. The van der Waals surface area contributed by atoms with Crippen molar-refractivity contribution < 1.29 is 34.5 Å². The predicted octanol–water partition coefficient (Wildman–Crippen LogP) is -1.19. The lowest BCUT2D eigenvalue weighted by Crippen LogP contribution is -2.55. The highest BCUT2D eigenvalue weighted by Gasteiger charge is 2.28.